The van der Waals surface area contributed by atoms with Crippen molar-refractivity contribution in [3.05, 3.63) is 70.7 Å². The maximum absolute atomic E-state index is 12.2. The maximum atomic E-state index is 12.2. The molecule has 11 heteroatoms. The molecule has 2 aromatic heterocycles. The molecule has 0 fully saturated rings. The van der Waals surface area contributed by atoms with Gasteiger partial charge in [0.2, 0.25) is 5.95 Å². The fourth-order valence-electron chi connectivity index (χ4n) is 3.90. The topological polar surface area (TPSA) is 141 Å². The molecule has 3 rings (SSSR count). The molecule has 0 atom stereocenters. The lowest BCUT2D eigenvalue weighted by Gasteiger charge is -2.12. The zero-order chi connectivity index (χ0) is 27.7. The number of esters is 1. The average molecular weight is 537 g/mol. The highest BCUT2D eigenvalue weighted by Gasteiger charge is 2.08. The van der Waals surface area contributed by atoms with Crippen LogP contribution in [0.25, 0.3) is 11.3 Å². The molecule has 1 aromatic carbocycles. The largest absolute Gasteiger partial charge is 0.464 e. The third-order valence-corrected chi connectivity index (χ3v) is 6.03. The van der Waals surface area contributed by atoms with Gasteiger partial charge in [-0.2, -0.15) is 0 Å². The Kier molecular flexibility index (Phi) is 12.4. The second kappa shape index (κ2) is 16.5. The molecule has 0 bridgehead atoms. The van der Waals surface area contributed by atoms with Crippen molar-refractivity contribution < 1.29 is 19.5 Å². The van der Waals surface area contributed by atoms with E-state index in [2.05, 4.69) is 30.4 Å². The molecule has 0 radical (unpaired) electrons. The van der Waals surface area contributed by atoms with Gasteiger partial charge in [-0.05, 0) is 55.7 Å². The van der Waals surface area contributed by atoms with E-state index >= 15 is 0 Å². The molecule has 0 saturated carbocycles. The number of nitrogens with zero attached hydrogens (tertiary/aromatic N) is 4. The summed E-state index contributed by atoms with van der Waals surface area (Å²) in [5.74, 6) is 0.174. The van der Waals surface area contributed by atoms with Crippen LogP contribution >= 0.6 is 0 Å². The van der Waals surface area contributed by atoms with E-state index in [1.165, 1.54) is 0 Å². The van der Waals surface area contributed by atoms with Crippen LogP contribution < -0.4 is 10.6 Å². The van der Waals surface area contributed by atoms with Crippen molar-refractivity contribution in [3.63, 3.8) is 0 Å². The average Bonchev–Trinajstić information content (AvgIpc) is 2.94. The molecular weight excluding hydrogens is 500 g/mol. The van der Waals surface area contributed by atoms with Crippen LogP contribution in [0.15, 0.2) is 55.0 Å². The predicted octanol–water partition coefficient (Wildman–Crippen LogP) is 5.87. The zero-order valence-corrected chi connectivity index (χ0v) is 22.3. The lowest BCUT2D eigenvalue weighted by atomic mass is 10.1. The van der Waals surface area contributed by atoms with Gasteiger partial charge in [-0.3, -0.25) is 9.78 Å². The summed E-state index contributed by atoms with van der Waals surface area (Å²) in [6.45, 7) is 2.64. The summed E-state index contributed by atoms with van der Waals surface area (Å²) >= 11 is 0. The number of nitrogens with one attached hydrogen (secondary N) is 2. The van der Waals surface area contributed by atoms with Crippen molar-refractivity contribution in [1.82, 2.24) is 15.0 Å². The number of aryl methyl sites for hydroxylation is 1. The lowest BCUT2D eigenvalue weighted by molar-refractivity contribution is -0.757. The molecule has 0 saturated heterocycles. The normalized spacial score (nSPS) is 10.6. The quantitative estimate of drug-likeness (QED) is 0.0876. The van der Waals surface area contributed by atoms with Gasteiger partial charge in [0.1, 0.15) is 6.54 Å². The van der Waals surface area contributed by atoms with Gasteiger partial charge in [-0.15, -0.1) is 10.1 Å². The number of benzene rings is 1. The first-order chi connectivity index (χ1) is 19.0. The van der Waals surface area contributed by atoms with Gasteiger partial charge >= 0.3 is 5.97 Å². The molecular formula is C28H36N6O5. The van der Waals surface area contributed by atoms with Crippen LogP contribution in [0.2, 0.25) is 0 Å². The van der Waals surface area contributed by atoms with Gasteiger partial charge in [-0.1, -0.05) is 44.6 Å². The highest BCUT2D eigenvalue weighted by molar-refractivity contribution is 5.76. The molecule has 0 unspecified atom stereocenters. The number of carbonyl (C=O) groups excluding carboxylic acids is 1. The summed E-state index contributed by atoms with van der Waals surface area (Å²) in [5.41, 5.74) is 4.31. The molecule has 0 amide bonds. The van der Waals surface area contributed by atoms with Crippen LogP contribution in [0.1, 0.15) is 56.9 Å². The summed E-state index contributed by atoms with van der Waals surface area (Å²) in [5, 5.41) is 15.7. The molecule has 2 heterocycles. The summed E-state index contributed by atoms with van der Waals surface area (Å²) in [6.07, 6.45) is 13.0. The third kappa shape index (κ3) is 11.3. The summed E-state index contributed by atoms with van der Waals surface area (Å²) in [4.78, 5) is 39.6. The fourth-order valence-corrected chi connectivity index (χ4v) is 3.90. The predicted molar refractivity (Wildman–Crippen MR) is 149 cm³/mol. The van der Waals surface area contributed by atoms with Crippen LogP contribution in [-0.2, 0) is 14.4 Å². The highest BCUT2D eigenvalue weighted by atomic mass is 16.9. The van der Waals surface area contributed by atoms with Crippen LogP contribution in [0.3, 0.4) is 0 Å². The Hall–Kier alpha value is -4.28. The van der Waals surface area contributed by atoms with Crippen molar-refractivity contribution in [2.24, 2.45) is 0 Å². The van der Waals surface area contributed by atoms with Crippen molar-refractivity contribution in [2.75, 3.05) is 30.4 Å². The van der Waals surface area contributed by atoms with E-state index in [1.807, 2.05) is 43.3 Å². The van der Waals surface area contributed by atoms with Crippen LogP contribution in [0.5, 0.6) is 0 Å². The number of anilines is 3. The summed E-state index contributed by atoms with van der Waals surface area (Å²) in [6, 6.07) is 11.4. The second-order valence-electron chi connectivity index (χ2n) is 9.12. The third-order valence-electron chi connectivity index (χ3n) is 6.03. The van der Waals surface area contributed by atoms with Gasteiger partial charge in [0.25, 0.3) is 5.09 Å². The monoisotopic (exact) mass is 536 g/mol. The number of hydrogen-bond donors (Lipinski definition) is 2. The number of unbranched alkanes of at least 4 members (excludes halogenated alkanes) is 7. The Balaban J connectivity index is 1.32. The Bertz CT molecular complexity index is 1180. The van der Waals surface area contributed by atoms with Crippen LogP contribution in [0.4, 0.5) is 17.3 Å². The van der Waals surface area contributed by atoms with E-state index in [1.54, 1.807) is 18.6 Å². The first-order valence-electron chi connectivity index (χ1n) is 13.3. The minimum atomic E-state index is -0.749. The number of ether oxygens (including phenoxy) is 1. The van der Waals surface area contributed by atoms with E-state index in [0.717, 1.165) is 73.1 Å². The second-order valence-corrected chi connectivity index (χ2v) is 9.12. The minimum Gasteiger partial charge on any atom is -0.464 e. The maximum Gasteiger partial charge on any atom is 0.325 e. The Morgan fingerprint density at radius 3 is 2.44 bits per heavy atom. The molecule has 208 valence electrons. The number of hydrogen-bond acceptors (Lipinski definition) is 10. The summed E-state index contributed by atoms with van der Waals surface area (Å²) in [7, 11) is 0. The molecule has 3 aromatic rings. The van der Waals surface area contributed by atoms with Crippen molar-refractivity contribution in [1.29, 1.82) is 0 Å². The van der Waals surface area contributed by atoms with Gasteiger partial charge in [0, 0.05) is 35.5 Å². The van der Waals surface area contributed by atoms with Crippen molar-refractivity contribution >= 4 is 23.3 Å². The Morgan fingerprint density at radius 2 is 1.72 bits per heavy atom. The van der Waals surface area contributed by atoms with E-state index in [0.29, 0.717) is 19.0 Å². The van der Waals surface area contributed by atoms with E-state index in [-0.39, 0.29) is 19.1 Å². The number of pyridine rings is 1. The number of carbonyl (C=O) groups is 1. The Labute approximate surface area is 228 Å². The smallest absolute Gasteiger partial charge is 0.325 e. The van der Waals surface area contributed by atoms with E-state index in [9.17, 15) is 14.9 Å². The Morgan fingerprint density at radius 1 is 0.974 bits per heavy atom. The SMILES string of the molecule is Cc1ccc(NCC(=O)OCCCCCCCCCCO[N+](=O)[O-])cc1Nc1nccc(-c2cccnc2)n1. The number of aromatic nitrogens is 3. The highest BCUT2D eigenvalue weighted by Crippen LogP contribution is 2.24. The first-order valence-corrected chi connectivity index (χ1v) is 13.3. The van der Waals surface area contributed by atoms with E-state index < -0.39 is 5.09 Å². The summed E-state index contributed by atoms with van der Waals surface area (Å²) < 4.78 is 5.35. The van der Waals surface area contributed by atoms with Crippen molar-refractivity contribution in [3.8, 4) is 11.3 Å². The van der Waals surface area contributed by atoms with Crippen LogP contribution in [0, 0.1) is 17.0 Å². The zero-order valence-electron chi connectivity index (χ0n) is 22.3. The molecule has 0 aliphatic heterocycles. The van der Waals surface area contributed by atoms with Gasteiger partial charge in [0.05, 0.1) is 18.9 Å². The van der Waals surface area contributed by atoms with Gasteiger partial charge < -0.3 is 20.2 Å². The standard InChI is InChI=1S/C28H36N6O5/c1-22-12-13-24(19-26(22)33-28-30-16-14-25(32-28)23-11-10-15-29-20-23)31-21-27(35)38-17-8-6-4-2-3-5-7-9-18-39-34(36)37/h10-16,19-20,31H,2-9,17-18,21H2,1H3,(H,30,32,33). The van der Waals surface area contributed by atoms with E-state index in [4.69, 9.17) is 4.74 Å². The molecule has 2 N–H and O–H groups in total. The number of rotatable bonds is 18. The minimum absolute atomic E-state index is 0.0790. The lowest BCUT2D eigenvalue weighted by Crippen LogP contribution is -2.17. The van der Waals surface area contributed by atoms with Gasteiger partial charge in [0.15, 0.2) is 0 Å². The molecule has 39 heavy (non-hydrogen) atoms. The molecule has 0 aliphatic rings. The fraction of sp³-hybridized carbons (Fsp3) is 0.429. The molecule has 0 aliphatic carbocycles. The van der Waals surface area contributed by atoms with Gasteiger partial charge in [-0.25, -0.2) is 9.97 Å². The first kappa shape index (κ1) is 29.3. The van der Waals surface area contributed by atoms with Crippen LogP contribution in [-0.4, -0.2) is 45.8 Å². The molecule has 0 spiro atoms. The molecule has 11 nitrogen and oxygen atoms in total. The van der Waals surface area contributed by atoms with Crippen molar-refractivity contribution in [2.45, 2.75) is 58.3 Å².